The normalized spacial score (nSPS) is 10.5. The maximum Gasteiger partial charge on any atom is 0.0675 e. The summed E-state index contributed by atoms with van der Waals surface area (Å²) in [6.45, 7) is 2.11. The van der Waals surface area contributed by atoms with Crippen LogP contribution in [0.3, 0.4) is 0 Å². The predicted octanol–water partition coefficient (Wildman–Crippen LogP) is 3.85. The lowest BCUT2D eigenvalue weighted by atomic mass is 10.0. The van der Waals surface area contributed by atoms with Crippen LogP contribution in [0.2, 0.25) is 0 Å². The van der Waals surface area contributed by atoms with Crippen molar-refractivity contribution in [2.24, 2.45) is 0 Å². The van der Waals surface area contributed by atoms with Gasteiger partial charge in [-0.15, -0.1) is 0 Å². The zero-order valence-corrected chi connectivity index (χ0v) is 10.2. The quantitative estimate of drug-likeness (QED) is 0.658. The van der Waals surface area contributed by atoms with Gasteiger partial charge in [0.05, 0.1) is 5.69 Å². The topological polar surface area (TPSA) is 17.8 Å². The molecule has 0 aliphatic heterocycles. The van der Waals surface area contributed by atoms with E-state index < -0.39 is 0 Å². The number of hydrogen-bond donors (Lipinski definition) is 0. The van der Waals surface area contributed by atoms with Gasteiger partial charge in [0, 0.05) is 12.4 Å². The van der Waals surface area contributed by atoms with Gasteiger partial charge >= 0.3 is 0 Å². The molecular weight excluding hydrogens is 220 g/mol. The molecule has 0 bridgehead atoms. The summed E-state index contributed by atoms with van der Waals surface area (Å²) in [5, 5.41) is 4.27. The van der Waals surface area contributed by atoms with Gasteiger partial charge in [0.1, 0.15) is 0 Å². The first-order valence-electron chi connectivity index (χ1n) is 6.01. The Bertz CT molecular complexity index is 640. The van der Waals surface area contributed by atoms with E-state index in [-0.39, 0.29) is 0 Å². The summed E-state index contributed by atoms with van der Waals surface area (Å²) in [7, 11) is 0. The Labute approximate surface area is 107 Å². The predicted molar refractivity (Wildman–Crippen MR) is 73.7 cm³/mol. The molecule has 0 aliphatic rings. The molecule has 2 nitrogen and oxygen atoms in total. The largest absolute Gasteiger partial charge is 0.241 e. The molecule has 88 valence electrons. The maximum atomic E-state index is 4.27. The minimum Gasteiger partial charge on any atom is -0.241 e. The van der Waals surface area contributed by atoms with Gasteiger partial charge in [-0.3, -0.25) is 0 Å². The summed E-state index contributed by atoms with van der Waals surface area (Å²) < 4.78 is 1.89. The van der Waals surface area contributed by atoms with E-state index >= 15 is 0 Å². The van der Waals surface area contributed by atoms with Crippen molar-refractivity contribution >= 4 is 0 Å². The molecule has 0 spiro atoms. The number of hydrogen-bond acceptors (Lipinski definition) is 1. The Kier molecular flexibility index (Phi) is 2.69. The van der Waals surface area contributed by atoms with Gasteiger partial charge in [0.15, 0.2) is 0 Å². The van der Waals surface area contributed by atoms with E-state index in [2.05, 4.69) is 54.5 Å². The third kappa shape index (κ3) is 1.93. The molecule has 0 atom stereocenters. The van der Waals surface area contributed by atoms with E-state index in [1.165, 1.54) is 16.7 Å². The van der Waals surface area contributed by atoms with Crippen molar-refractivity contribution < 1.29 is 0 Å². The third-order valence-corrected chi connectivity index (χ3v) is 3.06. The number of aromatic nitrogens is 2. The molecule has 0 N–H and O–H groups in total. The van der Waals surface area contributed by atoms with Crippen LogP contribution in [0.15, 0.2) is 67.0 Å². The highest BCUT2D eigenvalue weighted by atomic mass is 15.3. The van der Waals surface area contributed by atoms with Crippen LogP contribution in [0.4, 0.5) is 0 Å². The van der Waals surface area contributed by atoms with Crippen LogP contribution in [-0.2, 0) is 0 Å². The molecule has 1 heterocycles. The van der Waals surface area contributed by atoms with Crippen LogP contribution in [0.25, 0.3) is 16.8 Å². The van der Waals surface area contributed by atoms with Crippen LogP contribution in [0.1, 0.15) is 5.56 Å². The summed E-state index contributed by atoms with van der Waals surface area (Å²) in [5.41, 5.74) is 4.83. The molecule has 0 saturated heterocycles. The minimum atomic E-state index is 1.12. The zero-order valence-electron chi connectivity index (χ0n) is 10.2. The summed E-state index contributed by atoms with van der Waals surface area (Å²) in [6.07, 6.45) is 3.76. The van der Waals surface area contributed by atoms with Crippen molar-refractivity contribution in [3.63, 3.8) is 0 Å². The monoisotopic (exact) mass is 234 g/mol. The van der Waals surface area contributed by atoms with Crippen LogP contribution >= 0.6 is 0 Å². The first-order chi connectivity index (χ1) is 8.84. The molecule has 1 aromatic heterocycles. The maximum absolute atomic E-state index is 4.27. The van der Waals surface area contributed by atoms with Crippen molar-refractivity contribution in [2.75, 3.05) is 0 Å². The van der Waals surface area contributed by atoms with Gasteiger partial charge in [-0.1, -0.05) is 36.4 Å². The van der Waals surface area contributed by atoms with Gasteiger partial charge in [-0.05, 0) is 41.8 Å². The van der Waals surface area contributed by atoms with Crippen molar-refractivity contribution in [1.29, 1.82) is 0 Å². The van der Waals surface area contributed by atoms with Crippen molar-refractivity contribution in [3.8, 4) is 16.8 Å². The Morgan fingerprint density at radius 2 is 1.72 bits per heavy atom. The third-order valence-electron chi connectivity index (χ3n) is 3.06. The van der Waals surface area contributed by atoms with Crippen molar-refractivity contribution in [1.82, 2.24) is 9.78 Å². The molecule has 0 unspecified atom stereocenters. The SMILES string of the molecule is Cc1cc(-c2ccccc2)ccc1-n1cccn1. The van der Waals surface area contributed by atoms with Crippen LogP contribution < -0.4 is 0 Å². The molecule has 18 heavy (non-hydrogen) atoms. The van der Waals surface area contributed by atoms with Gasteiger partial charge in [-0.2, -0.15) is 5.10 Å². The van der Waals surface area contributed by atoms with E-state index in [1.54, 1.807) is 6.20 Å². The first-order valence-corrected chi connectivity index (χ1v) is 6.01. The van der Waals surface area contributed by atoms with Crippen LogP contribution in [0, 0.1) is 6.92 Å². The molecule has 0 amide bonds. The molecule has 2 aromatic carbocycles. The second-order valence-corrected chi connectivity index (χ2v) is 4.32. The van der Waals surface area contributed by atoms with E-state index in [0.29, 0.717) is 0 Å². The van der Waals surface area contributed by atoms with Crippen LogP contribution in [-0.4, -0.2) is 9.78 Å². The molecular formula is C16H14N2. The summed E-state index contributed by atoms with van der Waals surface area (Å²) in [5.74, 6) is 0. The lowest BCUT2D eigenvalue weighted by Crippen LogP contribution is -1.97. The Morgan fingerprint density at radius 1 is 0.889 bits per heavy atom. The highest BCUT2D eigenvalue weighted by Crippen LogP contribution is 2.23. The molecule has 3 rings (SSSR count). The summed E-state index contributed by atoms with van der Waals surface area (Å²) >= 11 is 0. The number of rotatable bonds is 2. The minimum absolute atomic E-state index is 1.12. The van der Waals surface area contributed by atoms with Gasteiger partial charge in [0.25, 0.3) is 0 Å². The number of benzene rings is 2. The molecule has 2 heteroatoms. The molecule has 0 aliphatic carbocycles. The number of aryl methyl sites for hydroxylation is 1. The molecule has 3 aromatic rings. The van der Waals surface area contributed by atoms with E-state index in [4.69, 9.17) is 0 Å². The number of nitrogens with zero attached hydrogens (tertiary/aromatic N) is 2. The van der Waals surface area contributed by atoms with Gasteiger partial charge in [0.2, 0.25) is 0 Å². The first kappa shape index (κ1) is 10.8. The molecule has 0 radical (unpaired) electrons. The lowest BCUT2D eigenvalue weighted by molar-refractivity contribution is 0.873. The Hall–Kier alpha value is -2.35. The highest BCUT2D eigenvalue weighted by molar-refractivity contribution is 5.66. The second-order valence-electron chi connectivity index (χ2n) is 4.32. The van der Waals surface area contributed by atoms with Crippen molar-refractivity contribution in [3.05, 3.63) is 72.6 Å². The highest BCUT2D eigenvalue weighted by Gasteiger charge is 2.03. The average Bonchev–Trinajstić information content (AvgIpc) is 2.93. The fraction of sp³-hybridized carbons (Fsp3) is 0.0625. The van der Waals surface area contributed by atoms with E-state index in [9.17, 15) is 0 Å². The Balaban J connectivity index is 2.05. The average molecular weight is 234 g/mol. The smallest absolute Gasteiger partial charge is 0.0675 e. The van der Waals surface area contributed by atoms with E-state index in [0.717, 1.165) is 5.69 Å². The van der Waals surface area contributed by atoms with E-state index in [1.807, 2.05) is 23.0 Å². The summed E-state index contributed by atoms with van der Waals surface area (Å²) in [6, 6.07) is 18.8. The zero-order chi connectivity index (χ0) is 12.4. The Morgan fingerprint density at radius 3 is 2.39 bits per heavy atom. The fourth-order valence-corrected chi connectivity index (χ4v) is 2.13. The standard InChI is InChI=1S/C16H14N2/c1-13-12-15(14-6-3-2-4-7-14)8-9-16(13)18-11-5-10-17-18/h2-12H,1H3. The second kappa shape index (κ2) is 4.49. The van der Waals surface area contributed by atoms with Crippen LogP contribution in [0.5, 0.6) is 0 Å². The molecule has 0 fully saturated rings. The lowest BCUT2D eigenvalue weighted by Gasteiger charge is -2.08. The molecule has 0 saturated carbocycles. The van der Waals surface area contributed by atoms with Gasteiger partial charge in [-0.25, -0.2) is 4.68 Å². The van der Waals surface area contributed by atoms with Crippen molar-refractivity contribution in [2.45, 2.75) is 6.92 Å². The fourth-order valence-electron chi connectivity index (χ4n) is 2.13. The summed E-state index contributed by atoms with van der Waals surface area (Å²) in [4.78, 5) is 0. The van der Waals surface area contributed by atoms with Gasteiger partial charge < -0.3 is 0 Å².